The molecule has 0 saturated carbocycles. The molecule has 2 rings (SSSR count). The highest BCUT2D eigenvalue weighted by Crippen LogP contribution is 2.08. The summed E-state index contributed by atoms with van der Waals surface area (Å²) in [6, 6.07) is 4.60. The molecule has 0 atom stereocenters. The van der Waals surface area contributed by atoms with Crippen molar-refractivity contribution in [1.82, 2.24) is 9.38 Å². The Balaban J connectivity index is 2.43. The third kappa shape index (κ3) is 2.79. The van der Waals surface area contributed by atoms with Crippen molar-refractivity contribution in [2.75, 3.05) is 20.3 Å². The minimum absolute atomic E-state index is 0.159. The number of fused-ring (bicyclic) bond motifs is 1. The van der Waals surface area contributed by atoms with Crippen LogP contribution in [0.4, 0.5) is 0 Å². The van der Waals surface area contributed by atoms with E-state index in [-0.39, 0.29) is 17.7 Å². The molecule has 0 aliphatic carbocycles. The van der Waals surface area contributed by atoms with Gasteiger partial charge in [0.15, 0.2) is 5.65 Å². The first-order valence-corrected chi connectivity index (χ1v) is 5.78. The highest BCUT2D eigenvalue weighted by Gasteiger charge is 2.13. The smallest absolute Gasteiger partial charge is 0.342 e. The summed E-state index contributed by atoms with van der Waals surface area (Å²) >= 11 is 0. The van der Waals surface area contributed by atoms with Gasteiger partial charge in [0, 0.05) is 25.1 Å². The van der Waals surface area contributed by atoms with E-state index in [4.69, 9.17) is 9.47 Å². The van der Waals surface area contributed by atoms with Crippen LogP contribution in [0.2, 0.25) is 0 Å². The van der Waals surface area contributed by atoms with Gasteiger partial charge in [-0.25, -0.2) is 9.78 Å². The fraction of sp³-hybridized carbons (Fsp3) is 0.308. The van der Waals surface area contributed by atoms with Crippen LogP contribution in [0.1, 0.15) is 16.1 Å². The van der Waals surface area contributed by atoms with E-state index >= 15 is 0 Å². The van der Waals surface area contributed by atoms with Gasteiger partial charge < -0.3 is 9.47 Å². The molecule has 19 heavy (non-hydrogen) atoms. The Kier molecular flexibility index (Phi) is 3.91. The van der Waals surface area contributed by atoms with Crippen LogP contribution < -0.4 is 5.56 Å². The molecule has 6 nitrogen and oxygen atoms in total. The quantitative estimate of drug-likeness (QED) is 0.602. The molecule has 2 aromatic rings. The largest absolute Gasteiger partial charge is 0.460 e. The van der Waals surface area contributed by atoms with Gasteiger partial charge in [-0.05, 0) is 19.1 Å². The molecule has 0 N–H and O–H groups in total. The average Bonchev–Trinajstić information content (AvgIpc) is 2.38. The van der Waals surface area contributed by atoms with Crippen LogP contribution in [0, 0.1) is 6.92 Å². The lowest BCUT2D eigenvalue weighted by Gasteiger charge is -2.07. The lowest BCUT2D eigenvalue weighted by Crippen LogP contribution is -2.18. The second kappa shape index (κ2) is 5.62. The average molecular weight is 262 g/mol. The summed E-state index contributed by atoms with van der Waals surface area (Å²) in [5, 5.41) is 0. The molecule has 100 valence electrons. The van der Waals surface area contributed by atoms with E-state index in [1.165, 1.54) is 17.6 Å². The maximum Gasteiger partial charge on any atom is 0.342 e. The molecular weight excluding hydrogens is 248 g/mol. The Labute approximate surface area is 109 Å². The fourth-order valence-corrected chi connectivity index (χ4v) is 1.69. The summed E-state index contributed by atoms with van der Waals surface area (Å²) in [6.45, 7) is 2.18. The molecule has 2 heterocycles. The van der Waals surface area contributed by atoms with Gasteiger partial charge in [0.25, 0.3) is 5.56 Å². The van der Waals surface area contributed by atoms with Gasteiger partial charge in [-0.2, -0.15) is 0 Å². The number of esters is 1. The molecule has 0 aromatic carbocycles. The third-order valence-corrected chi connectivity index (χ3v) is 2.56. The molecule has 6 heteroatoms. The summed E-state index contributed by atoms with van der Waals surface area (Å²) in [5.41, 5.74) is 0.894. The van der Waals surface area contributed by atoms with E-state index in [2.05, 4.69) is 4.98 Å². The second-order valence-electron chi connectivity index (χ2n) is 3.98. The number of nitrogens with zero attached hydrogens (tertiary/aromatic N) is 2. The maximum absolute atomic E-state index is 11.9. The van der Waals surface area contributed by atoms with E-state index in [0.717, 1.165) is 0 Å². The van der Waals surface area contributed by atoms with Gasteiger partial charge in [-0.3, -0.25) is 9.20 Å². The molecular formula is C13H14N2O4. The van der Waals surface area contributed by atoms with Crippen molar-refractivity contribution in [3.05, 3.63) is 46.0 Å². The topological polar surface area (TPSA) is 69.9 Å². The Bertz CT molecular complexity index is 663. The molecule has 2 aromatic heterocycles. The van der Waals surface area contributed by atoms with Gasteiger partial charge in [0.2, 0.25) is 0 Å². The van der Waals surface area contributed by atoms with Gasteiger partial charge in [0.05, 0.1) is 6.61 Å². The summed E-state index contributed by atoms with van der Waals surface area (Å²) in [5.74, 6) is -0.521. The highest BCUT2D eigenvalue weighted by atomic mass is 16.6. The van der Waals surface area contributed by atoms with Gasteiger partial charge in [-0.1, -0.05) is 0 Å². The Morgan fingerprint density at radius 2 is 2.21 bits per heavy atom. The number of aromatic nitrogens is 2. The van der Waals surface area contributed by atoms with E-state index in [9.17, 15) is 9.59 Å². The zero-order valence-electron chi connectivity index (χ0n) is 10.8. The number of hydrogen-bond acceptors (Lipinski definition) is 5. The molecule has 0 saturated heterocycles. The molecule has 0 spiro atoms. The van der Waals surface area contributed by atoms with Crippen LogP contribution in [0.25, 0.3) is 5.65 Å². The minimum Gasteiger partial charge on any atom is -0.460 e. The summed E-state index contributed by atoms with van der Waals surface area (Å²) in [7, 11) is 1.52. The van der Waals surface area contributed by atoms with Crippen LogP contribution >= 0.6 is 0 Å². The molecule has 0 aliphatic rings. The normalized spacial score (nSPS) is 10.6. The molecule has 0 fully saturated rings. The lowest BCUT2D eigenvalue weighted by atomic mass is 10.2. The maximum atomic E-state index is 11.9. The van der Waals surface area contributed by atoms with E-state index in [0.29, 0.717) is 17.9 Å². The van der Waals surface area contributed by atoms with Crippen molar-refractivity contribution in [1.29, 1.82) is 0 Å². The van der Waals surface area contributed by atoms with E-state index in [1.807, 2.05) is 0 Å². The van der Waals surface area contributed by atoms with Gasteiger partial charge >= 0.3 is 5.97 Å². The molecule has 0 radical (unpaired) electrons. The van der Waals surface area contributed by atoms with Crippen LogP contribution in [-0.2, 0) is 9.47 Å². The number of methoxy groups -OCH3 is 1. The Hall–Kier alpha value is -2.21. The van der Waals surface area contributed by atoms with Gasteiger partial charge in [-0.15, -0.1) is 0 Å². The van der Waals surface area contributed by atoms with E-state index < -0.39 is 5.97 Å². The standard InChI is InChI=1S/C13H14N2O4/c1-9-8-11(16)15-5-3-4-10(12(15)14-9)13(17)19-7-6-18-2/h3-5,8H,6-7H2,1-2H3. The van der Waals surface area contributed by atoms with Crippen LogP contribution in [0.15, 0.2) is 29.2 Å². The number of pyridine rings is 1. The fourth-order valence-electron chi connectivity index (χ4n) is 1.69. The molecule has 0 amide bonds. The number of carbonyl (C=O) groups excluding carboxylic acids is 1. The zero-order valence-corrected chi connectivity index (χ0v) is 10.8. The van der Waals surface area contributed by atoms with Crippen molar-refractivity contribution >= 4 is 11.6 Å². The van der Waals surface area contributed by atoms with Crippen molar-refractivity contribution in [2.24, 2.45) is 0 Å². The first kappa shape index (κ1) is 13.2. The first-order chi connectivity index (χ1) is 9.13. The number of rotatable bonds is 4. The van der Waals surface area contributed by atoms with Crippen LogP contribution in [-0.4, -0.2) is 35.7 Å². The number of aryl methyl sites for hydroxylation is 1. The minimum atomic E-state index is -0.521. The lowest BCUT2D eigenvalue weighted by molar-refractivity contribution is 0.0389. The third-order valence-electron chi connectivity index (χ3n) is 2.56. The highest BCUT2D eigenvalue weighted by molar-refractivity contribution is 5.95. The summed E-state index contributed by atoms with van der Waals surface area (Å²) < 4.78 is 11.2. The predicted molar refractivity (Wildman–Crippen MR) is 68.4 cm³/mol. The van der Waals surface area contributed by atoms with Crippen molar-refractivity contribution in [2.45, 2.75) is 6.92 Å². The predicted octanol–water partition coefficient (Wildman–Crippen LogP) is 0.806. The number of carbonyl (C=O) groups is 1. The van der Waals surface area contributed by atoms with Crippen LogP contribution in [0.5, 0.6) is 0 Å². The summed E-state index contributed by atoms with van der Waals surface area (Å²) in [4.78, 5) is 27.9. The first-order valence-electron chi connectivity index (χ1n) is 5.78. The Morgan fingerprint density at radius 1 is 1.42 bits per heavy atom. The molecule has 0 unspecified atom stereocenters. The molecule has 0 bridgehead atoms. The number of hydrogen-bond donors (Lipinski definition) is 0. The zero-order chi connectivity index (χ0) is 13.8. The molecule has 0 aliphatic heterocycles. The van der Waals surface area contributed by atoms with Gasteiger partial charge in [0.1, 0.15) is 12.2 Å². The van der Waals surface area contributed by atoms with Crippen molar-refractivity contribution < 1.29 is 14.3 Å². The van der Waals surface area contributed by atoms with Crippen molar-refractivity contribution in [3.8, 4) is 0 Å². The van der Waals surface area contributed by atoms with E-state index in [1.54, 1.807) is 25.3 Å². The SMILES string of the molecule is COCCOC(=O)c1cccn2c(=O)cc(C)nc12. The van der Waals surface area contributed by atoms with Crippen molar-refractivity contribution in [3.63, 3.8) is 0 Å². The van der Waals surface area contributed by atoms with Crippen LogP contribution in [0.3, 0.4) is 0 Å². The summed E-state index contributed by atoms with van der Waals surface area (Å²) in [6.07, 6.45) is 1.57. The monoisotopic (exact) mass is 262 g/mol. The Morgan fingerprint density at radius 3 is 2.95 bits per heavy atom. The number of ether oxygens (including phenoxy) is 2. The second-order valence-corrected chi connectivity index (χ2v) is 3.98.